The molecule has 1 rings (SSSR count). The first kappa shape index (κ1) is 13.8. The van der Waals surface area contributed by atoms with Crippen molar-refractivity contribution in [2.75, 3.05) is 19.4 Å². The van der Waals surface area contributed by atoms with Crippen LogP contribution < -0.4 is 10.1 Å². The number of ether oxygens (including phenoxy) is 1. The van der Waals surface area contributed by atoms with Crippen molar-refractivity contribution in [3.05, 3.63) is 22.7 Å². The van der Waals surface area contributed by atoms with Crippen LogP contribution in [0.1, 0.15) is 13.8 Å². The van der Waals surface area contributed by atoms with Crippen molar-refractivity contribution in [1.29, 1.82) is 0 Å². The average molecular weight is 301 g/mol. The molecule has 0 saturated heterocycles. The first-order chi connectivity index (χ1) is 7.88. The Morgan fingerprint density at radius 3 is 2.53 bits per heavy atom. The molecule has 0 saturated carbocycles. The Hall–Kier alpha value is -1.23. The molecule has 0 radical (unpaired) electrons. The lowest BCUT2D eigenvalue weighted by atomic mass is 10.3. The second-order valence-electron chi connectivity index (χ2n) is 4.17. The van der Waals surface area contributed by atoms with Gasteiger partial charge in [0, 0.05) is 30.3 Å². The highest BCUT2D eigenvalue weighted by Crippen LogP contribution is 2.25. The lowest BCUT2D eigenvalue weighted by molar-refractivity contribution is 0.230. The van der Waals surface area contributed by atoms with Gasteiger partial charge in [0.25, 0.3) is 0 Å². The number of hydrogen-bond donors (Lipinski definition) is 1. The lowest BCUT2D eigenvalue weighted by Gasteiger charge is -2.15. The first-order valence-electron chi connectivity index (χ1n) is 5.34. The molecule has 1 aromatic carbocycles. The van der Waals surface area contributed by atoms with Crippen LogP contribution in [-0.2, 0) is 0 Å². The molecule has 0 atom stereocenters. The molecule has 1 N–H and O–H groups in total. The summed E-state index contributed by atoms with van der Waals surface area (Å²) in [6.45, 7) is 3.91. The van der Waals surface area contributed by atoms with E-state index in [2.05, 4.69) is 21.2 Å². The van der Waals surface area contributed by atoms with E-state index in [-0.39, 0.29) is 12.1 Å². The highest BCUT2D eigenvalue weighted by atomic mass is 79.9. The normalized spacial score (nSPS) is 10.2. The monoisotopic (exact) mass is 300 g/mol. The van der Waals surface area contributed by atoms with E-state index < -0.39 is 0 Å². The fourth-order valence-electron chi connectivity index (χ4n) is 1.21. The van der Waals surface area contributed by atoms with E-state index >= 15 is 0 Å². The number of nitrogens with zero attached hydrogens (tertiary/aromatic N) is 1. The Morgan fingerprint density at radius 1 is 1.35 bits per heavy atom. The maximum absolute atomic E-state index is 11.5. The SMILES string of the molecule is CC(C)Oc1cc(Br)cc(NC(=O)N(C)C)c1. The minimum absolute atomic E-state index is 0.0988. The quantitative estimate of drug-likeness (QED) is 0.930. The molecule has 0 aliphatic rings. The Labute approximate surface area is 110 Å². The Balaban J connectivity index is 2.85. The molecule has 17 heavy (non-hydrogen) atoms. The molecule has 0 aliphatic heterocycles. The van der Waals surface area contributed by atoms with Gasteiger partial charge in [-0.05, 0) is 26.0 Å². The third kappa shape index (κ3) is 4.65. The van der Waals surface area contributed by atoms with Crippen molar-refractivity contribution in [3.63, 3.8) is 0 Å². The summed E-state index contributed by atoms with van der Waals surface area (Å²) < 4.78 is 6.45. The number of hydrogen-bond acceptors (Lipinski definition) is 2. The number of benzene rings is 1. The van der Waals surface area contributed by atoms with Gasteiger partial charge in [-0.25, -0.2) is 4.79 Å². The number of halogens is 1. The highest BCUT2D eigenvalue weighted by molar-refractivity contribution is 9.10. The summed E-state index contributed by atoms with van der Waals surface area (Å²) in [6.07, 6.45) is 0.0988. The Bertz CT molecular complexity index is 405. The number of rotatable bonds is 3. The summed E-state index contributed by atoms with van der Waals surface area (Å²) in [5.74, 6) is 0.725. The second kappa shape index (κ2) is 5.91. The third-order valence-electron chi connectivity index (χ3n) is 1.90. The van der Waals surface area contributed by atoms with Gasteiger partial charge in [0.2, 0.25) is 0 Å². The molecule has 0 heterocycles. The predicted octanol–water partition coefficient (Wildman–Crippen LogP) is 3.33. The zero-order valence-electron chi connectivity index (χ0n) is 10.5. The number of nitrogens with one attached hydrogen (secondary N) is 1. The van der Waals surface area contributed by atoms with Gasteiger partial charge in [0.15, 0.2) is 0 Å². The van der Waals surface area contributed by atoms with Crippen molar-refractivity contribution in [2.24, 2.45) is 0 Å². The number of carbonyl (C=O) groups is 1. The zero-order valence-corrected chi connectivity index (χ0v) is 12.0. The zero-order chi connectivity index (χ0) is 13.0. The molecule has 0 spiro atoms. The number of anilines is 1. The summed E-state index contributed by atoms with van der Waals surface area (Å²) >= 11 is 3.38. The van der Waals surface area contributed by atoms with Gasteiger partial charge in [-0.15, -0.1) is 0 Å². The van der Waals surface area contributed by atoms with Gasteiger partial charge in [-0.2, -0.15) is 0 Å². The van der Waals surface area contributed by atoms with Crippen molar-refractivity contribution >= 4 is 27.6 Å². The lowest BCUT2D eigenvalue weighted by Crippen LogP contribution is -2.27. The van der Waals surface area contributed by atoms with E-state index in [9.17, 15) is 4.79 Å². The van der Waals surface area contributed by atoms with Crippen LogP contribution >= 0.6 is 15.9 Å². The van der Waals surface area contributed by atoms with Gasteiger partial charge in [0.1, 0.15) is 5.75 Å². The number of amides is 2. The fraction of sp³-hybridized carbons (Fsp3) is 0.417. The first-order valence-corrected chi connectivity index (χ1v) is 6.13. The predicted molar refractivity (Wildman–Crippen MR) is 72.6 cm³/mol. The molecule has 4 nitrogen and oxygen atoms in total. The summed E-state index contributed by atoms with van der Waals surface area (Å²) in [4.78, 5) is 13.0. The molecular formula is C12H17BrN2O2. The van der Waals surface area contributed by atoms with Gasteiger partial charge in [-0.1, -0.05) is 15.9 Å². The summed E-state index contributed by atoms with van der Waals surface area (Å²) in [5, 5.41) is 2.77. The average Bonchev–Trinajstić information content (AvgIpc) is 2.14. The minimum atomic E-state index is -0.168. The van der Waals surface area contributed by atoms with Crippen LogP contribution in [0.15, 0.2) is 22.7 Å². The van der Waals surface area contributed by atoms with Crippen molar-refractivity contribution in [1.82, 2.24) is 4.90 Å². The minimum Gasteiger partial charge on any atom is -0.491 e. The van der Waals surface area contributed by atoms with E-state index in [4.69, 9.17) is 4.74 Å². The summed E-state index contributed by atoms with van der Waals surface area (Å²) in [7, 11) is 3.39. The smallest absolute Gasteiger partial charge is 0.321 e. The van der Waals surface area contributed by atoms with Crippen LogP contribution in [0.3, 0.4) is 0 Å². The van der Waals surface area contributed by atoms with Crippen LogP contribution in [-0.4, -0.2) is 31.1 Å². The standard InChI is InChI=1S/C12H17BrN2O2/c1-8(2)17-11-6-9(13)5-10(7-11)14-12(16)15(3)4/h5-8H,1-4H3,(H,14,16). The Kier molecular flexibility index (Phi) is 4.81. The molecule has 94 valence electrons. The molecular weight excluding hydrogens is 284 g/mol. The van der Waals surface area contributed by atoms with E-state index in [0.29, 0.717) is 5.69 Å². The molecule has 2 amide bonds. The van der Waals surface area contributed by atoms with Gasteiger partial charge < -0.3 is 15.0 Å². The van der Waals surface area contributed by atoms with Crippen molar-refractivity contribution in [2.45, 2.75) is 20.0 Å². The second-order valence-corrected chi connectivity index (χ2v) is 5.08. The molecule has 0 bridgehead atoms. The van der Waals surface area contributed by atoms with Crippen LogP contribution in [0.4, 0.5) is 10.5 Å². The van der Waals surface area contributed by atoms with E-state index in [1.54, 1.807) is 20.2 Å². The summed E-state index contributed by atoms with van der Waals surface area (Å²) in [6, 6.07) is 5.32. The van der Waals surface area contributed by atoms with Crippen LogP contribution in [0.2, 0.25) is 0 Å². The van der Waals surface area contributed by atoms with E-state index in [1.165, 1.54) is 4.90 Å². The van der Waals surface area contributed by atoms with Gasteiger partial charge in [0.05, 0.1) is 6.10 Å². The number of carbonyl (C=O) groups excluding carboxylic acids is 1. The summed E-state index contributed by atoms with van der Waals surface area (Å²) in [5.41, 5.74) is 0.703. The maximum Gasteiger partial charge on any atom is 0.321 e. The van der Waals surface area contributed by atoms with Gasteiger partial charge >= 0.3 is 6.03 Å². The largest absolute Gasteiger partial charge is 0.491 e. The molecule has 5 heteroatoms. The molecule has 1 aromatic rings. The molecule has 0 unspecified atom stereocenters. The maximum atomic E-state index is 11.5. The Morgan fingerprint density at radius 2 is 2.00 bits per heavy atom. The third-order valence-corrected chi connectivity index (χ3v) is 2.36. The van der Waals surface area contributed by atoms with Crippen molar-refractivity contribution in [3.8, 4) is 5.75 Å². The number of urea groups is 1. The highest BCUT2D eigenvalue weighted by Gasteiger charge is 2.07. The van der Waals surface area contributed by atoms with Crippen LogP contribution in [0, 0.1) is 0 Å². The molecule has 0 aliphatic carbocycles. The van der Waals surface area contributed by atoms with Gasteiger partial charge in [-0.3, -0.25) is 0 Å². The fourth-order valence-corrected chi connectivity index (χ4v) is 1.68. The van der Waals surface area contributed by atoms with Crippen LogP contribution in [0.5, 0.6) is 5.75 Å². The van der Waals surface area contributed by atoms with Crippen molar-refractivity contribution < 1.29 is 9.53 Å². The van der Waals surface area contributed by atoms with E-state index in [1.807, 2.05) is 26.0 Å². The molecule has 0 fully saturated rings. The topological polar surface area (TPSA) is 41.6 Å². The van der Waals surface area contributed by atoms with E-state index in [0.717, 1.165) is 10.2 Å². The molecule has 0 aromatic heterocycles. The van der Waals surface area contributed by atoms with Crippen LogP contribution in [0.25, 0.3) is 0 Å².